The van der Waals surface area contributed by atoms with Gasteiger partial charge in [-0.1, -0.05) is 54.6 Å². The van der Waals surface area contributed by atoms with Gasteiger partial charge in [-0.25, -0.2) is 0 Å². The summed E-state index contributed by atoms with van der Waals surface area (Å²) in [4.78, 5) is 29.3. The number of carbonyl (C=O) groups is 2. The fraction of sp³-hybridized carbons (Fsp3) is 0.167. The lowest BCUT2D eigenvalue weighted by atomic mass is 9.92. The van der Waals surface area contributed by atoms with Crippen LogP contribution in [0.15, 0.2) is 60.7 Å². The zero-order chi connectivity index (χ0) is 19.7. The Labute approximate surface area is 164 Å². The van der Waals surface area contributed by atoms with Crippen molar-refractivity contribution in [2.45, 2.75) is 0 Å². The molecule has 1 aliphatic rings. The molecular formula is C24H22N2O2. The number of imide groups is 1. The summed E-state index contributed by atoms with van der Waals surface area (Å²) in [6, 6.07) is 19.6. The smallest absolute Gasteiger partial charge is 0.261 e. The van der Waals surface area contributed by atoms with E-state index in [0.29, 0.717) is 24.2 Å². The summed E-state index contributed by atoms with van der Waals surface area (Å²) in [6.07, 6.45) is 4.03. The first kappa shape index (κ1) is 18.1. The highest BCUT2D eigenvalue weighted by atomic mass is 16.2. The molecule has 1 heterocycles. The van der Waals surface area contributed by atoms with Gasteiger partial charge in [0, 0.05) is 29.6 Å². The molecule has 3 aromatic rings. The maximum atomic E-state index is 13.1. The molecule has 0 saturated carbocycles. The number of hydrogen-bond donors (Lipinski definition) is 0. The van der Waals surface area contributed by atoms with E-state index in [1.807, 2.05) is 91.8 Å². The Morgan fingerprint density at radius 1 is 0.821 bits per heavy atom. The molecule has 0 spiro atoms. The molecule has 0 bridgehead atoms. The van der Waals surface area contributed by atoms with E-state index in [1.54, 1.807) is 0 Å². The molecular weight excluding hydrogens is 348 g/mol. The van der Waals surface area contributed by atoms with E-state index >= 15 is 0 Å². The fourth-order valence-corrected chi connectivity index (χ4v) is 3.54. The number of amides is 2. The Kier molecular flexibility index (Phi) is 4.80. The van der Waals surface area contributed by atoms with E-state index in [-0.39, 0.29) is 11.8 Å². The molecule has 1 aliphatic heterocycles. The van der Waals surface area contributed by atoms with Gasteiger partial charge in [0.2, 0.25) is 0 Å². The van der Waals surface area contributed by atoms with Crippen LogP contribution in [-0.4, -0.2) is 48.8 Å². The van der Waals surface area contributed by atoms with Gasteiger partial charge in [-0.05, 0) is 48.8 Å². The summed E-state index contributed by atoms with van der Waals surface area (Å²) in [7, 11) is 3.86. The molecule has 4 rings (SSSR count). The first-order chi connectivity index (χ1) is 13.5. The second-order valence-corrected chi connectivity index (χ2v) is 7.28. The van der Waals surface area contributed by atoms with Gasteiger partial charge in [0.05, 0.1) is 0 Å². The van der Waals surface area contributed by atoms with Crippen LogP contribution in [0.3, 0.4) is 0 Å². The first-order valence-electron chi connectivity index (χ1n) is 9.35. The largest absolute Gasteiger partial charge is 0.308 e. The van der Waals surface area contributed by atoms with Gasteiger partial charge < -0.3 is 4.90 Å². The number of carbonyl (C=O) groups excluding carboxylic acids is 2. The summed E-state index contributed by atoms with van der Waals surface area (Å²) in [5, 5.41) is 1.67. The van der Waals surface area contributed by atoms with Crippen LogP contribution in [0.4, 0.5) is 0 Å². The lowest BCUT2D eigenvalue weighted by molar-refractivity contribution is 0.0601. The minimum atomic E-state index is -0.217. The van der Waals surface area contributed by atoms with Gasteiger partial charge in [0.1, 0.15) is 0 Å². The monoisotopic (exact) mass is 370 g/mol. The third-order valence-electron chi connectivity index (χ3n) is 4.99. The Morgan fingerprint density at radius 2 is 1.54 bits per heavy atom. The molecule has 0 fully saturated rings. The second-order valence-electron chi connectivity index (χ2n) is 7.28. The second kappa shape index (κ2) is 7.41. The van der Waals surface area contributed by atoms with Crippen molar-refractivity contribution in [2.24, 2.45) is 0 Å². The molecule has 2 amide bonds. The van der Waals surface area contributed by atoms with E-state index < -0.39 is 0 Å². The van der Waals surface area contributed by atoms with Crippen molar-refractivity contribution < 1.29 is 9.59 Å². The molecule has 0 aromatic heterocycles. The van der Waals surface area contributed by atoms with Crippen LogP contribution in [0.25, 0.3) is 22.9 Å². The van der Waals surface area contributed by atoms with E-state index in [9.17, 15) is 9.59 Å². The van der Waals surface area contributed by atoms with E-state index in [0.717, 1.165) is 21.9 Å². The van der Waals surface area contributed by atoms with Crippen LogP contribution in [0.1, 0.15) is 31.8 Å². The maximum Gasteiger partial charge on any atom is 0.261 e. The first-order valence-corrected chi connectivity index (χ1v) is 9.35. The van der Waals surface area contributed by atoms with Crippen molar-refractivity contribution in [1.29, 1.82) is 0 Å². The van der Waals surface area contributed by atoms with E-state index in [4.69, 9.17) is 0 Å². The van der Waals surface area contributed by atoms with Crippen molar-refractivity contribution in [3.63, 3.8) is 0 Å². The molecule has 0 atom stereocenters. The van der Waals surface area contributed by atoms with Gasteiger partial charge >= 0.3 is 0 Å². The zero-order valence-corrected chi connectivity index (χ0v) is 16.1. The maximum absolute atomic E-state index is 13.1. The minimum absolute atomic E-state index is 0.211. The average Bonchev–Trinajstić information content (AvgIpc) is 2.70. The van der Waals surface area contributed by atoms with Crippen LogP contribution >= 0.6 is 0 Å². The van der Waals surface area contributed by atoms with Gasteiger partial charge in [-0.3, -0.25) is 14.5 Å². The van der Waals surface area contributed by atoms with Crippen LogP contribution in [0.2, 0.25) is 0 Å². The lowest BCUT2D eigenvalue weighted by Gasteiger charge is -2.28. The molecule has 28 heavy (non-hydrogen) atoms. The molecule has 0 unspecified atom stereocenters. The standard InChI is InChI=1S/C24H22N2O2/c1-25(2)13-14-26-23(27)20-10-6-9-19-15-18(16-21(22(19)20)24(26)28)12-11-17-7-4-3-5-8-17/h3-12,15-16H,13-14H2,1-2H3/b12-11+. The van der Waals surface area contributed by atoms with Crippen LogP contribution in [0.5, 0.6) is 0 Å². The molecule has 4 nitrogen and oxygen atoms in total. The number of rotatable bonds is 5. The highest BCUT2D eigenvalue weighted by Crippen LogP contribution is 2.31. The average molecular weight is 370 g/mol. The minimum Gasteiger partial charge on any atom is -0.308 e. The number of benzene rings is 3. The van der Waals surface area contributed by atoms with Crippen LogP contribution < -0.4 is 0 Å². The van der Waals surface area contributed by atoms with Crippen molar-refractivity contribution >= 4 is 34.7 Å². The van der Waals surface area contributed by atoms with Crippen molar-refractivity contribution in [2.75, 3.05) is 27.2 Å². The predicted molar refractivity (Wildman–Crippen MR) is 113 cm³/mol. The van der Waals surface area contributed by atoms with Crippen LogP contribution in [0, 0.1) is 0 Å². The quantitative estimate of drug-likeness (QED) is 0.500. The van der Waals surface area contributed by atoms with Gasteiger partial charge in [-0.2, -0.15) is 0 Å². The lowest BCUT2D eigenvalue weighted by Crippen LogP contribution is -2.43. The van der Waals surface area contributed by atoms with Gasteiger partial charge in [0.25, 0.3) is 11.8 Å². The number of hydrogen-bond acceptors (Lipinski definition) is 3. The topological polar surface area (TPSA) is 40.6 Å². The summed E-state index contributed by atoms with van der Waals surface area (Å²) in [6.45, 7) is 1.01. The normalized spacial score (nSPS) is 13.9. The Morgan fingerprint density at radius 3 is 2.29 bits per heavy atom. The fourth-order valence-electron chi connectivity index (χ4n) is 3.54. The van der Waals surface area contributed by atoms with E-state index in [1.165, 1.54) is 4.90 Å². The van der Waals surface area contributed by atoms with Gasteiger partial charge in [0.15, 0.2) is 0 Å². The third-order valence-corrected chi connectivity index (χ3v) is 4.99. The summed E-state index contributed by atoms with van der Waals surface area (Å²) in [5.41, 5.74) is 3.24. The Bertz CT molecular complexity index is 1080. The highest BCUT2D eigenvalue weighted by molar-refractivity contribution is 6.25. The summed E-state index contributed by atoms with van der Waals surface area (Å²) < 4.78 is 0. The SMILES string of the molecule is CN(C)CCN1C(=O)c2cccc3cc(/C=C/c4ccccc4)cc(c23)C1=O. The molecule has 3 aromatic carbocycles. The summed E-state index contributed by atoms with van der Waals surface area (Å²) >= 11 is 0. The number of nitrogens with zero attached hydrogens (tertiary/aromatic N) is 2. The zero-order valence-electron chi connectivity index (χ0n) is 16.1. The molecule has 0 N–H and O–H groups in total. The van der Waals surface area contributed by atoms with Crippen LogP contribution in [-0.2, 0) is 0 Å². The van der Waals surface area contributed by atoms with Crippen molar-refractivity contribution in [3.8, 4) is 0 Å². The Hall–Kier alpha value is -3.24. The number of likely N-dealkylation sites (N-methyl/N-ethyl adjacent to an activating group) is 1. The molecule has 0 aliphatic carbocycles. The van der Waals surface area contributed by atoms with Crippen molar-refractivity contribution in [1.82, 2.24) is 9.80 Å². The predicted octanol–water partition coefficient (Wildman–Crippen LogP) is 4.17. The molecule has 0 saturated heterocycles. The molecule has 4 heteroatoms. The molecule has 140 valence electrons. The molecule has 0 radical (unpaired) electrons. The third kappa shape index (κ3) is 3.35. The van der Waals surface area contributed by atoms with Gasteiger partial charge in [-0.15, -0.1) is 0 Å². The Balaban J connectivity index is 1.78. The van der Waals surface area contributed by atoms with E-state index in [2.05, 4.69) is 0 Å². The summed E-state index contributed by atoms with van der Waals surface area (Å²) in [5.74, 6) is -0.428. The highest BCUT2D eigenvalue weighted by Gasteiger charge is 2.32. The van der Waals surface area contributed by atoms with Crippen molar-refractivity contribution in [3.05, 3.63) is 82.9 Å².